The number of nitrogens with zero attached hydrogens (tertiary/aromatic N) is 2. The quantitative estimate of drug-likeness (QED) is 0.699. The second kappa shape index (κ2) is 7.36. The Bertz CT molecular complexity index is 1040. The average molecular weight is 393 g/mol. The molecule has 1 aromatic heterocycles. The third-order valence-electron chi connectivity index (χ3n) is 4.49. The number of nitrogens with one attached hydrogen (secondary N) is 1. The van der Waals surface area contributed by atoms with Gasteiger partial charge in [-0.15, -0.1) is 11.3 Å². The highest BCUT2D eigenvalue weighted by molar-refractivity contribution is 7.14. The predicted octanol–water partition coefficient (Wildman–Crippen LogP) is 4.40. The first-order chi connectivity index (χ1) is 13.5. The van der Waals surface area contributed by atoms with Gasteiger partial charge in [-0.1, -0.05) is 24.8 Å². The topological polar surface area (TPSA) is 62.3 Å². The number of thiazole rings is 1. The van der Waals surface area contributed by atoms with Crippen LogP contribution in [-0.4, -0.2) is 28.2 Å². The number of anilines is 1. The molecule has 1 N–H and O–H groups in total. The number of benzene rings is 2. The number of amides is 2. The minimum atomic E-state index is -0.312. The van der Waals surface area contributed by atoms with E-state index in [9.17, 15) is 14.0 Å². The van der Waals surface area contributed by atoms with Crippen molar-refractivity contribution in [3.63, 3.8) is 0 Å². The molecule has 1 aliphatic heterocycles. The van der Waals surface area contributed by atoms with E-state index in [2.05, 4.69) is 16.9 Å². The summed E-state index contributed by atoms with van der Waals surface area (Å²) >= 11 is 1.29. The fourth-order valence-electron chi connectivity index (χ4n) is 3.05. The molecule has 2 aromatic carbocycles. The lowest BCUT2D eigenvalue weighted by atomic mass is 10.1. The van der Waals surface area contributed by atoms with E-state index in [0.29, 0.717) is 22.1 Å². The summed E-state index contributed by atoms with van der Waals surface area (Å²) in [6.45, 7) is 4.21. The molecule has 0 saturated carbocycles. The van der Waals surface area contributed by atoms with Crippen molar-refractivity contribution in [2.24, 2.45) is 0 Å². The number of carbonyl (C=O) groups excluding carboxylic acids is 2. The van der Waals surface area contributed by atoms with Crippen LogP contribution < -0.4 is 5.32 Å². The molecule has 4 rings (SSSR count). The first kappa shape index (κ1) is 18.1. The van der Waals surface area contributed by atoms with Crippen molar-refractivity contribution in [1.29, 1.82) is 0 Å². The highest BCUT2D eigenvalue weighted by Crippen LogP contribution is 2.31. The van der Waals surface area contributed by atoms with E-state index < -0.39 is 0 Å². The van der Waals surface area contributed by atoms with Crippen molar-refractivity contribution >= 4 is 34.0 Å². The number of hydrogen-bond acceptors (Lipinski definition) is 4. The van der Waals surface area contributed by atoms with Crippen molar-refractivity contribution in [2.75, 3.05) is 11.9 Å². The average Bonchev–Trinajstić information content (AvgIpc) is 3.25. The van der Waals surface area contributed by atoms with Gasteiger partial charge < -0.3 is 10.2 Å². The van der Waals surface area contributed by atoms with Crippen LogP contribution in [0.2, 0.25) is 0 Å². The van der Waals surface area contributed by atoms with Gasteiger partial charge in [0, 0.05) is 40.7 Å². The second-order valence-corrected chi connectivity index (χ2v) is 7.15. The third-order valence-corrected chi connectivity index (χ3v) is 5.25. The normalized spacial score (nSPS) is 13.0. The molecule has 0 saturated heterocycles. The smallest absolute Gasteiger partial charge is 0.258 e. The van der Waals surface area contributed by atoms with Crippen LogP contribution in [0.15, 0.2) is 60.5 Å². The molecule has 0 spiro atoms. The maximum Gasteiger partial charge on any atom is 0.258 e. The Morgan fingerprint density at radius 2 is 1.86 bits per heavy atom. The zero-order valence-electron chi connectivity index (χ0n) is 14.8. The Labute approximate surface area is 165 Å². The van der Waals surface area contributed by atoms with E-state index in [1.54, 1.807) is 29.6 Å². The summed E-state index contributed by atoms with van der Waals surface area (Å²) in [7, 11) is 0. The molecule has 0 radical (unpaired) electrons. The van der Waals surface area contributed by atoms with E-state index in [-0.39, 0.29) is 30.6 Å². The maximum absolute atomic E-state index is 13.0. The molecule has 0 bridgehead atoms. The van der Waals surface area contributed by atoms with Gasteiger partial charge in [-0.05, 0) is 30.3 Å². The Balaban J connectivity index is 1.36. The molecule has 3 aromatic rings. The number of fused-ring (bicyclic) bond motifs is 1. The maximum atomic E-state index is 13.0. The van der Waals surface area contributed by atoms with Gasteiger partial charge in [0.15, 0.2) is 5.13 Å². The summed E-state index contributed by atoms with van der Waals surface area (Å²) in [4.78, 5) is 30.6. The standard InChI is InChI=1S/C21H16FN3O2S/c1-13-16-4-2-3-5-17(16)20(27)25(13)11-10-19(26)24-21-23-18(12-28-21)14-6-8-15(22)9-7-14/h2-9,12H,1,10-11H2,(H,23,24,26). The first-order valence-electron chi connectivity index (χ1n) is 8.64. The molecule has 7 heteroatoms. The van der Waals surface area contributed by atoms with Crippen LogP contribution in [0.5, 0.6) is 0 Å². The fraction of sp³-hybridized carbons (Fsp3) is 0.0952. The molecular weight excluding hydrogens is 377 g/mol. The fourth-order valence-corrected chi connectivity index (χ4v) is 3.79. The Morgan fingerprint density at radius 3 is 2.57 bits per heavy atom. The Morgan fingerprint density at radius 1 is 1.14 bits per heavy atom. The van der Waals surface area contributed by atoms with Crippen LogP contribution in [-0.2, 0) is 4.79 Å². The van der Waals surface area contributed by atoms with Crippen LogP contribution in [0.1, 0.15) is 22.3 Å². The molecule has 0 unspecified atom stereocenters. The number of rotatable bonds is 5. The van der Waals surface area contributed by atoms with Crippen LogP contribution in [0.3, 0.4) is 0 Å². The molecule has 0 aliphatic carbocycles. The highest BCUT2D eigenvalue weighted by Gasteiger charge is 2.30. The second-order valence-electron chi connectivity index (χ2n) is 6.29. The van der Waals surface area contributed by atoms with Crippen molar-refractivity contribution in [2.45, 2.75) is 6.42 Å². The molecule has 28 heavy (non-hydrogen) atoms. The number of halogens is 1. The molecule has 1 aliphatic rings. The van der Waals surface area contributed by atoms with Gasteiger partial charge in [0.25, 0.3) is 5.91 Å². The number of carbonyl (C=O) groups is 2. The van der Waals surface area contributed by atoms with E-state index in [0.717, 1.165) is 11.1 Å². The SMILES string of the molecule is C=C1c2ccccc2C(=O)N1CCC(=O)Nc1nc(-c2ccc(F)cc2)cs1. The summed E-state index contributed by atoms with van der Waals surface area (Å²) in [5, 5.41) is 5.00. The Hall–Kier alpha value is -3.32. The lowest BCUT2D eigenvalue weighted by Crippen LogP contribution is -2.27. The predicted molar refractivity (Wildman–Crippen MR) is 107 cm³/mol. The lowest BCUT2D eigenvalue weighted by molar-refractivity contribution is -0.116. The van der Waals surface area contributed by atoms with Gasteiger partial charge in [0.1, 0.15) is 5.82 Å². The minimum absolute atomic E-state index is 0.129. The minimum Gasteiger partial charge on any atom is -0.308 e. The lowest BCUT2D eigenvalue weighted by Gasteiger charge is -2.16. The zero-order chi connectivity index (χ0) is 19.7. The summed E-state index contributed by atoms with van der Waals surface area (Å²) in [6.07, 6.45) is 0.129. The van der Waals surface area contributed by atoms with Crippen molar-refractivity contribution < 1.29 is 14.0 Å². The third kappa shape index (κ3) is 3.44. The van der Waals surface area contributed by atoms with Gasteiger partial charge >= 0.3 is 0 Å². The van der Waals surface area contributed by atoms with E-state index in [1.165, 1.54) is 28.4 Å². The van der Waals surface area contributed by atoms with E-state index in [1.807, 2.05) is 12.1 Å². The van der Waals surface area contributed by atoms with Crippen LogP contribution >= 0.6 is 11.3 Å². The molecule has 2 amide bonds. The largest absolute Gasteiger partial charge is 0.308 e. The van der Waals surface area contributed by atoms with E-state index in [4.69, 9.17) is 0 Å². The first-order valence-corrected chi connectivity index (χ1v) is 9.52. The molecule has 2 heterocycles. The zero-order valence-corrected chi connectivity index (χ0v) is 15.6. The van der Waals surface area contributed by atoms with E-state index >= 15 is 0 Å². The van der Waals surface area contributed by atoms with Crippen LogP contribution in [0.4, 0.5) is 9.52 Å². The summed E-state index contributed by atoms with van der Waals surface area (Å²) in [5.41, 5.74) is 3.46. The highest BCUT2D eigenvalue weighted by atomic mass is 32.1. The van der Waals surface area contributed by atoms with Crippen molar-refractivity contribution in [3.05, 3.63) is 77.4 Å². The van der Waals surface area contributed by atoms with Crippen molar-refractivity contribution in [3.8, 4) is 11.3 Å². The summed E-state index contributed by atoms with van der Waals surface area (Å²) < 4.78 is 13.0. The van der Waals surface area contributed by atoms with Gasteiger partial charge in [-0.3, -0.25) is 9.59 Å². The van der Waals surface area contributed by atoms with Gasteiger partial charge in [0.05, 0.1) is 5.69 Å². The molecule has 140 valence electrons. The van der Waals surface area contributed by atoms with Gasteiger partial charge in [0.2, 0.25) is 5.91 Å². The molecular formula is C21H16FN3O2S. The molecule has 5 nitrogen and oxygen atoms in total. The number of aromatic nitrogens is 1. The van der Waals surface area contributed by atoms with Gasteiger partial charge in [-0.2, -0.15) is 0 Å². The summed E-state index contributed by atoms with van der Waals surface area (Å²) in [5.74, 6) is -0.689. The summed E-state index contributed by atoms with van der Waals surface area (Å²) in [6, 6.07) is 13.3. The van der Waals surface area contributed by atoms with Crippen LogP contribution in [0.25, 0.3) is 17.0 Å². The number of hydrogen-bond donors (Lipinski definition) is 1. The van der Waals surface area contributed by atoms with Crippen molar-refractivity contribution in [1.82, 2.24) is 9.88 Å². The molecule has 0 atom stereocenters. The van der Waals surface area contributed by atoms with Gasteiger partial charge in [-0.25, -0.2) is 9.37 Å². The Kier molecular flexibility index (Phi) is 4.75. The monoisotopic (exact) mass is 393 g/mol. The molecule has 0 fully saturated rings. The van der Waals surface area contributed by atoms with Crippen LogP contribution in [0, 0.1) is 5.82 Å².